The number of nitrogens with zero attached hydrogens (tertiary/aromatic N) is 6. The molecule has 0 aliphatic carbocycles. The predicted octanol–water partition coefficient (Wildman–Crippen LogP) is 2.16. The number of rotatable bonds is 5. The number of thioether (sulfide) groups is 1. The number of pyridine rings is 1. The third kappa shape index (κ3) is 3.15. The van der Waals surface area contributed by atoms with Crippen molar-refractivity contribution in [2.75, 3.05) is 12.9 Å². The van der Waals surface area contributed by atoms with Gasteiger partial charge in [0.25, 0.3) is 5.56 Å². The summed E-state index contributed by atoms with van der Waals surface area (Å²) in [5.41, 5.74) is 0.938. The van der Waals surface area contributed by atoms with Crippen LogP contribution in [0.1, 0.15) is 0 Å². The summed E-state index contributed by atoms with van der Waals surface area (Å²) in [6.07, 6.45) is 4.94. The highest BCUT2D eigenvalue weighted by Crippen LogP contribution is 2.28. The summed E-state index contributed by atoms with van der Waals surface area (Å²) in [5.74, 6) is -0.221. The van der Waals surface area contributed by atoms with E-state index >= 15 is 0 Å². The molecule has 4 aromatic heterocycles. The molecule has 1 N–H and O–H groups in total. The Bertz CT molecular complexity index is 1530. The Hall–Kier alpha value is -3.99. The van der Waals surface area contributed by atoms with Gasteiger partial charge in [-0.05, 0) is 36.6 Å². The van der Waals surface area contributed by atoms with Crippen molar-refractivity contribution in [2.45, 2.75) is 5.16 Å². The molecule has 10 nitrogen and oxygen atoms in total. The van der Waals surface area contributed by atoms with Gasteiger partial charge in [-0.15, -0.1) is 0 Å². The average molecular weight is 434 g/mol. The fraction of sp³-hybridized carbons (Fsp3) is 0.100. The highest BCUT2D eigenvalue weighted by molar-refractivity contribution is 7.98. The predicted molar refractivity (Wildman–Crippen MR) is 114 cm³/mol. The number of aliphatic carboxylic acids is 1. The number of carbonyl (C=O) groups is 1. The van der Waals surface area contributed by atoms with Gasteiger partial charge < -0.3 is 9.84 Å². The number of hydrogen-bond donors (Lipinski definition) is 1. The number of hydrogen-bond acceptors (Lipinski definition) is 8. The second-order valence-electron chi connectivity index (χ2n) is 6.51. The van der Waals surface area contributed by atoms with Gasteiger partial charge in [0.1, 0.15) is 11.1 Å². The molecule has 0 bridgehead atoms. The summed E-state index contributed by atoms with van der Waals surface area (Å²) >= 11 is 1.35. The van der Waals surface area contributed by atoms with Gasteiger partial charge in [-0.25, -0.2) is 29.4 Å². The highest BCUT2D eigenvalue weighted by Gasteiger charge is 2.19. The summed E-state index contributed by atoms with van der Waals surface area (Å²) in [6.45, 7) is -0.481. The molecule has 31 heavy (non-hydrogen) atoms. The third-order valence-electron chi connectivity index (χ3n) is 4.63. The fourth-order valence-corrected chi connectivity index (χ4v) is 3.67. The van der Waals surface area contributed by atoms with E-state index in [-0.39, 0.29) is 16.6 Å². The maximum absolute atomic E-state index is 13.4. The molecule has 0 aliphatic heterocycles. The average Bonchev–Trinajstić information content (AvgIpc) is 3.12. The van der Waals surface area contributed by atoms with Crippen LogP contribution in [0.15, 0.2) is 58.7 Å². The number of fused-ring (bicyclic) bond motifs is 4. The van der Waals surface area contributed by atoms with Gasteiger partial charge in [-0.3, -0.25) is 4.79 Å². The number of carboxylic acids is 1. The molecule has 0 spiro atoms. The van der Waals surface area contributed by atoms with E-state index in [4.69, 9.17) is 9.84 Å². The zero-order valence-electron chi connectivity index (χ0n) is 16.1. The summed E-state index contributed by atoms with van der Waals surface area (Å²) in [6, 6.07) is 10.4. The molecule has 0 fully saturated rings. The van der Waals surface area contributed by atoms with Gasteiger partial charge in [-0.2, -0.15) is 4.52 Å². The molecular formula is C20H14N6O4S. The summed E-state index contributed by atoms with van der Waals surface area (Å²) in [5, 5.41) is 10.3. The number of aromatic nitrogens is 6. The lowest BCUT2D eigenvalue weighted by atomic mass is 10.2. The normalized spacial score (nSPS) is 11.4. The largest absolute Gasteiger partial charge is 0.482 e. The Morgan fingerprint density at radius 2 is 2.03 bits per heavy atom. The SMILES string of the molecule is CSc1ncc2c(=O)n3c(nc2n1)c1cc(OCC(=O)O)ccc1n3-c1ccccn1. The van der Waals surface area contributed by atoms with Crippen molar-refractivity contribution >= 4 is 45.3 Å². The first-order valence-electron chi connectivity index (χ1n) is 9.11. The summed E-state index contributed by atoms with van der Waals surface area (Å²) in [4.78, 5) is 41.9. The Kier molecular flexibility index (Phi) is 4.51. The Morgan fingerprint density at radius 1 is 1.16 bits per heavy atom. The van der Waals surface area contributed by atoms with Crippen molar-refractivity contribution in [3.05, 3.63) is 59.1 Å². The lowest BCUT2D eigenvalue weighted by Gasteiger charge is -2.07. The van der Waals surface area contributed by atoms with Crippen LogP contribution in [0.3, 0.4) is 0 Å². The van der Waals surface area contributed by atoms with Gasteiger partial charge >= 0.3 is 5.97 Å². The molecule has 0 saturated heterocycles. The standard InChI is InChI=1S/C20H14N6O4S/c1-31-20-22-9-13-17(24-20)23-18-12-8-11(30-10-16(27)28)5-6-14(12)25(26(18)19(13)29)15-4-2-3-7-21-15/h2-9H,10H2,1H3,(H,27,28). The van der Waals surface area contributed by atoms with Gasteiger partial charge in [0.05, 0.1) is 5.52 Å². The molecule has 4 heterocycles. The monoisotopic (exact) mass is 434 g/mol. The zero-order chi connectivity index (χ0) is 21.5. The van der Waals surface area contributed by atoms with Crippen LogP contribution in [-0.2, 0) is 4.79 Å². The highest BCUT2D eigenvalue weighted by atomic mass is 32.2. The van der Waals surface area contributed by atoms with E-state index in [1.54, 1.807) is 41.2 Å². The second kappa shape index (κ2) is 7.36. The van der Waals surface area contributed by atoms with Crippen molar-refractivity contribution in [3.8, 4) is 11.6 Å². The molecule has 0 amide bonds. The zero-order valence-corrected chi connectivity index (χ0v) is 16.9. The maximum Gasteiger partial charge on any atom is 0.341 e. The van der Waals surface area contributed by atoms with Crippen molar-refractivity contribution in [2.24, 2.45) is 0 Å². The first-order chi connectivity index (χ1) is 15.1. The van der Waals surface area contributed by atoms with Crippen molar-refractivity contribution < 1.29 is 14.6 Å². The molecule has 11 heteroatoms. The maximum atomic E-state index is 13.4. The first-order valence-corrected chi connectivity index (χ1v) is 10.3. The first kappa shape index (κ1) is 19.0. The van der Waals surface area contributed by atoms with Crippen LogP contribution in [0.5, 0.6) is 5.75 Å². The molecule has 5 rings (SSSR count). The molecule has 0 radical (unpaired) electrons. The minimum Gasteiger partial charge on any atom is -0.482 e. The van der Waals surface area contributed by atoms with Crippen LogP contribution in [0.25, 0.3) is 33.4 Å². The van der Waals surface area contributed by atoms with Crippen LogP contribution in [-0.4, -0.2) is 53.1 Å². The molecule has 1 aromatic carbocycles. The quantitative estimate of drug-likeness (QED) is 0.327. The van der Waals surface area contributed by atoms with E-state index in [2.05, 4.69) is 19.9 Å². The van der Waals surface area contributed by atoms with Crippen molar-refractivity contribution in [3.63, 3.8) is 0 Å². The van der Waals surface area contributed by atoms with E-state index in [9.17, 15) is 9.59 Å². The minimum absolute atomic E-state index is 0.276. The fourth-order valence-electron chi connectivity index (χ4n) is 3.34. The topological polar surface area (TPSA) is 125 Å². The minimum atomic E-state index is -1.09. The van der Waals surface area contributed by atoms with Crippen molar-refractivity contribution in [1.29, 1.82) is 0 Å². The van der Waals surface area contributed by atoms with Gasteiger partial charge in [0, 0.05) is 17.8 Å². The van der Waals surface area contributed by atoms with E-state index < -0.39 is 12.6 Å². The molecule has 5 aromatic rings. The van der Waals surface area contributed by atoms with Crippen LogP contribution >= 0.6 is 11.8 Å². The molecule has 0 atom stereocenters. The third-order valence-corrected chi connectivity index (χ3v) is 5.19. The Balaban J connectivity index is 1.89. The molecule has 0 aliphatic rings. The number of benzene rings is 1. The smallest absolute Gasteiger partial charge is 0.341 e. The lowest BCUT2D eigenvalue weighted by Crippen LogP contribution is -2.22. The number of carboxylic acid groups (broad SMARTS) is 1. The molecule has 0 saturated carbocycles. The lowest BCUT2D eigenvalue weighted by molar-refractivity contribution is -0.139. The second-order valence-corrected chi connectivity index (χ2v) is 7.28. The van der Waals surface area contributed by atoms with Gasteiger partial charge in [0.15, 0.2) is 28.9 Å². The van der Waals surface area contributed by atoms with E-state index in [1.165, 1.54) is 22.5 Å². The van der Waals surface area contributed by atoms with Crippen LogP contribution < -0.4 is 10.3 Å². The number of ether oxygens (including phenoxy) is 1. The molecule has 0 unspecified atom stereocenters. The molecular weight excluding hydrogens is 420 g/mol. The van der Waals surface area contributed by atoms with Gasteiger partial charge in [0.2, 0.25) is 0 Å². The molecule has 154 valence electrons. The van der Waals surface area contributed by atoms with Gasteiger partial charge in [-0.1, -0.05) is 17.8 Å². The Morgan fingerprint density at radius 3 is 2.77 bits per heavy atom. The van der Waals surface area contributed by atoms with Crippen LogP contribution in [0, 0.1) is 0 Å². The van der Waals surface area contributed by atoms with E-state index in [1.807, 2.05) is 12.3 Å². The Labute approximate surface area is 178 Å². The van der Waals surface area contributed by atoms with Crippen LogP contribution in [0.2, 0.25) is 0 Å². The summed E-state index contributed by atoms with van der Waals surface area (Å²) in [7, 11) is 0. The van der Waals surface area contributed by atoms with Crippen LogP contribution in [0.4, 0.5) is 0 Å². The van der Waals surface area contributed by atoms with Crippen molar-refractivity contribution in [1.82, 2.24) is 29.1 Å². The van der Waals surface area contributed by atoms with E-state index in [0.717, 1.165) is 0 Å². The van der Waals surface area contributed by atoms with E-state index in [0.29, 0.717) is 33.3 Å². The summed E-state index contributed by atoms with van der Waals surface area (Å²) < 4.78 is 8.40.